The van der Waals surface area contributed by atoms with Crippen LogP contribution in [0.25, 0.3) is 0 Å². The van der Waals surface area contributed by atoms with Crippen LogP contribution in [0, 0.1) is 5.92 Å². The second-order valence-electron chi connectivity index (χ2n) is 4.97. The van der Waals surface area contributed by atoms with Crippen LogP contribution in [0.5, 0.6) is 0 Å². The highest BCUT2D eigenvalue weighted by atomic mass is 16.2. The van der Waals surface area contributed by atoms with Gasteiger partial charge in [-0.3, -0.25) is 9.69 Å². The molecule has 0 radical (unpaired) electrons. The Morgan fingerprint density at radius 3 is 2.41 bits per heavy atom. The minimum absolute atomic E-state index is 0.179. The first kappa shape index (κ1) is 14.5. The van der Waals surface area contributed by atoms with Gasteiger partial charge in [-0.05, 0) is 32.4 Å². The van der Waals surface area contributed by atoms with E-state index in [2.05, 4.69) is 11.8 Å². The number of unbranched alkanes of at least 4 members (excludes halogenated alkanes) is 1. The van der Waals surface area contributed by atoms with Crippen molar-refractivity contribution in [3.63, 3.8) is 0 Å². The van der Waals surface area contributed by atoms with Gasteiger partial charge in [-0.25, -0.2) is 0 Å². The molecule has 100 valence electrons. The zero-order valence-electron chi connectivity index (χ0n) is 11.3. The number of rotatable bonds is 6. The topological polar surface area (TPSA) is 49.6 Å². The van der Waals surface area contributed by atoms with E-state index in [-0.39, 0.29) is 5.92 Å². The molecule has 4 heteroatoms. The van der Waals surface area contributed by atoms with E-state index >= 15 is 0 Å². The number of nitrogens with zero attached hydrogens (tertiary/aromatic N) is 2. The lowest BCUT2D eigenvalue weighted by molar-refractivity contribution is -0.136. The average molecular weight is 241 g/mol. The maximum Gasteiger partial charge on any atom is 0.225 e. The van der Waals surface area contributed by atoms with Crippen molar-refractivity contribution in [1.82, 2.24) is 9.80 Å². The highest BCUT2D eigenvalue weighted by molar-refractivity contribution is 5.78. The Labute approximate surface area is 105 Å². The number of carbonyl (C=O) groups is 1. The van der Waals surface area contributed by atoms with Crippen LogP contribution >= 0.6 is 0 Å². The lowest BCUT2D eigenvalue weighted by Crippen LogP contribution is -2.50. The van der Waals surface area contributed by atoms with Gasteiger partial charge in [0.15, 0.2) is 0 Å². The van der Waals surface area contributed by atoms with Gasteiger partial charge in [0, 0.05) is 32.1 Å². The van der Waals surface area contributed by atoms with Crippen LogP contribution in [0.1, 0.15) is 33.1 Å². The Morgan fingerprint density at radius 2 is 1.88 bits per heavy atom. The minimum atomic E-state index is 0.179. The van der Waals surface area contributed by atoms with Gasteiger partial charge in [-0.15, -0.1) is 0 Å². The van der Waals surface area contributed by atoms with E-state index in [1.807, 2.05) is 11.8 Å². The molecule has 1 aliphatic rings. The quantitative estimate of drug-likeness (QED) is 0.703. The van der Waals surface area contributed by atoms with Gasteiger partial charge in [0.1, 0.15) is 0 Å². The Hall–Kier alpha value is -0.610. The normalized spacial score (nSPS) is 19.4. The number of nitrogens with two attached hydrogens (primary N) is 1. The molecule has 0 aromatic carbocycles. The maximum absolute atomic E-state index is 12.0. The van der Waals surface area contributed by atoms with Crippen LogP contribution in [-0.2, 0) is 4.79 Å². The molecule has 1 fully saturated rings. The van der Waals surface area contributed by atoms with Crippen molar-refractivity contribution in [2.24, 2.45) is 11.7 Å². The van der Waals surface area contributed by atoms with E-state index in [4.69, 9.17) is 5.73 Å². The van der Waals surface area contributed by atoms with Gasteiger partial charge in [0.05, 0.1) is 0 Å². The van der Waals surface area contributed by atoms with Crippen molar-refractivity contribution < 1.29 is 4.79 Å². The monoisotopic (exact) mass is 241 g/mol. The predicted octanol–water partition coefficient (Wildman–Crippen LogP) is 0.916. The SMILES string of the molecule is CCC(C)C(=O)N1CCN(CCCCN)CC1. The first-order valence-corrected chi connectivity index (χ1v) is 6.90. The molecule has 0 bridgehead atoms. The standard InChI is InChI=1S/C13H27N3O/c1-3-12(2)13(17)16-10-8-15(9-11-16)7-5-4-6-14/h12H,3-11,14H2,1-2H3. The third-order valence-electron chi connectivity index (χ3n) is 3.65. The summed E-state index contributed by atoms with van der Waals surface area (Å²) < 4.78 is 0. The molecule has 1 saturated heterocycles. The van der Waals surface area contributed by atoms with Crippen molar-refractivity contribution >= 4 is 5.91 Å². The molecule has 4 nitrogen and oxygen atoms in total. The predicted molar refractivity (Wildman–Crippen MR) is 70.8 cm³/mol. The lowest BCUT2D eigenvalue weighted by atomic mass is 10.1. The third kappa shape index (κ3) is 4.64. The molecule has 0 aromatic heterocycles. The Balaban J connectivity index is 2.23. The second kappa shape index (κ2) is 7.67. The summed E-state index contributed by atoms with van der Waals surface area (Å²) in [7, 11) is 0. The van der Waals surface area contributed by atoms with Crippen molar-refractivity contribution in [2.45, 2.75) is 33.1 Å². The molecule has 0 aromatic rings. The molecule has 1 rings (SSSR count). The maximum atomic E-state index is 12.0. The molecular formula is C13H27N3O. The highest BCUT2D eigenvalue weighted by Gasteiger charge is 2.23. The molecule has 0 spiro atoms. The van der Waals surface area contributed by atoms with Crippen molar-refractivity contribution in [1.29, 1.82) is 0 Å². The number of carbonyl (C=O) groups excluding carboxylic acids is 1. The Kier molecular flexibility index (Phi) is 6.52. The van der Waals surface area contributed by atoms with E-state index < -0.39 is 0 Å². The zero-order valence-corrected chi connectivity index (χ0v) is 11.3. The molecule has 0 saturated carbocycles. The van der Waals surface area contributed by atoms with E-state index in [9.17, 15) is 4.79 Å². The summed E-state index contributed by atoms with van der Waals surface area (Å²) in [5.41, 5.74) is 5.48. The van der Waals surface area contributed by atoms with Gasteiger partial charge in [-0.2, -0.15) is 0 Å². The largest absolute Gasteiger partial charge is 0.340 e. The number of hydrogen-bond donors (Lipinski definition) is 1. The number of piperazine rings is 1. The zero-order chi connectivity index (χ0) is 12.7. The molecule has 2 N–H and O–H groups in total. The highest BCUT2D eigenvalue weighted by Crippen LogP contribution is 2.10. The van der Waals surface area contributed by atoms with Gasteiger partial charge in [-0.1, -0.05) is 13.8 Å². The van der Waals surface area contributed by atoms with E-state index in [1.165, 1.54) is 6.42 Å². The summed E-state index contributed by atoms with van der Waals surface area (Å²) in [5, 5.41) is 0. The van der Waals surface area contributed by atoms with Crippen molar-refractivity contribution in [3.8, 4) is 0 Å². The second-order valence-corrected chi connectivity index (χ2v) is 4.97. The fourth-order valence-corrected chi connectivity index (χ4v) is 2.16. The average Bonchev–Trinajstić information content (AvgIpc) is 2.38. The van der Waals surface area contributed by atoms with Crippen LogP contribution in [0.15, 0.2) is 0 Å². The van der Waals surface area contributed by atoms with Crippen molar-refractivity contribution in [2.75, 3.05) is 39.3 Å². The molecular weight excluding hydrogens is 214 g/mol. The fraction of sp³-hybridized carbons (Fsp3) is 0.923. The van der Waals surface area contributed by atoms with Gasteiger partial charge >= 0.3 is 0 Å². The van der Waals surface area contributed by atoms with Crippen LogP contribution < -0.4 is 5.73 Å². The molecule has 1 atom stereocenters. The lowest BCUT2D eigenvalue weighted by Gasteiger charge is -2.35. The first-order chi connectivity index (χ1) is 8.19. The summed E-state index contributed by atoms with van der Waals surface area (Å²) in [6.07, 6.45) is 3.22. The summed E-state index contributed by atoms with van der Waals surface area (Å²) in [4.78, 5) is 16.4. The first-order valence-electron chi connectivity index (χ1n) is 6.90. The minimum Gasteiger partial charge on any atom is -0.340 e. The fourth-order valence-electron chi connectivity index (χ4n) is 2.16. The van der Waals surface area contributed by atoms with Gasteiger partial charge < -0.3 is 10.6 Å². The summed E-state index contributed by atoms with van der Waals surface area (Å²) in [6, 6.07) is 0. The van der Waals surface area contributed by atoms with Gasteiger partial charge in [0.2, 0.25) is 5.91 Å². The van der Waals surface area contributed by atoms with Crippen LogP contribution in [-0.4, -0.2) is 55.0 Å². The smallest absolute Gasteiger partial charge is 0.225 e. The van der Waals surface area contributed by atoms with E-state index in [0.717, 1.165) is 52.1 Å². The summed E-state index contributed by atoms with van der Waals surface area (Å²) in [6.45, 7) is 9.84. The van der Waals surface area contributed by atoms with Crippen LogP contribution in [0.2, 0.25) is 0 Å². The summed E-state index contributed by atoms with van der Waals surface area (Å²) >= 11 is 0. The van der Waals surface area contributed by atoms with E-state index in [1.54, 1.807) is 0 Å². The van der Waals surface area contributed by atoms with E-state index in [0.29, 0.717) is 5.91 Å². The Morgan fingerprint density at radius 1 is 1.24 bits per heavy atom. The molecule has 1 aliphatic heterocycles. The molecule has 1 unspecified atom stereocenters. The molecule has 1 heterocycles. The van der Waals surface area contributed by atoms with Crippen LogP contribution in [0.4, 0.5) is 0 Å². The number of amides is 1. The number of hydrogen-bond acceptors (Lipinski definition) is 3. The Bertz CT molecular complexity index is 225. The van der Waals surface area contributed by atoms with Crippen molar-refractivity contribution in [3.05, 3.63) is 0 Å². The van der Waals surface area contributed by atoms with Gasteiger partial charge in [0.25, 0.3) is 0 Å². The molecule has 1 amide bonds. The molecule has 0 aliphatic carbocycles. The molecule has 17 heavy (non-hydrogen) atoms. The summed E-state index contributed by atoms with van der Waals surface area (Å²) in [5.74, 6) is 0.507. The third-order valence-corrected chi connectivity index (χ3v) is 3.65. The van der Waals surface area contributed by atoms with Crippen LogP contribution in [0.3, 0.4) is 0 Å².